The summed E-state index contributed by atoms with van der Waals surface area (Å²) in [4.78, 5) is 15.6. The Labute approximate surface area is 190 Å². The molecule has 3 aromatic carbocycles. The molecule has 0 aliphatic carbocycles. The summed E-state index contributed by atoms with van der Waals surface area (Å²) < 4.78 is 19.3. The van der Waals surface area contributed by atoms with Gasteiger partial charge in [-0.05, 0) is 17.5 Å². The highest BCUT2D eigenvalue weighted by molar-refractivity contribution is 5.94. The van der Waals surface area contributed by atoms with E-state index in [4.69, 9.17) is 4.74 Å². The molecule has 0 radical (unpaired) electrons. The van der Waals surface area contributed by atoms with Gasteiger partial charge in [0.2, 0.25) is 17.8 Å². The molecule has 9 heteroatoms. The number of aromatic nitrogens is 3. The molecule has 1 aliphatic rings. The van der Waals surface area contributed by atoms with Crippen molar-refractivity contribution in [1.29, 1.82) is 0 Å². The number of nitrogens with one attached hydrogen (secondary N) is 2. The summed E-state index contributed by atoms with van der Waals surface area (Å²) in [7, 11) is 0. The quantitative estimate of drug-likeness (QED) is 0.341. The zero-order valence-electron chi connectivity index (χ0n) is 17.8. The van der Waals surface area contributed by atoms with E-state index < -0.39 is 0 Å². The van der Waals surface area contributed by atoms with Gasteiger partial charge in [0.25, 0.3) is 0 Å². The Morgan fingerprint density at radius 1 is 0.879 bits per heavy atom. The van der Waals surface area contributed by atoms with Crippen LogP contribution in [0.1, 0.15) is 5.56 Å². The lowest BCUT2D eigenvalue weighted by Gasteiger charge is -2.27. The van der Waals surface area contributed by atoms with Crippen LogP contribution < -0.4 is 15.6 Å². The molecule has 0 spiro atoms. The largest absolute Gasteiger partial charge is 0.378 e. The highest BCUT2D eigenvalue weighted by Crippen LogP contribution is 2.26. The summed E-state index contributed by atoms with van der Waals surface area (Å²) in [6.07, 6.45) is 1.39. The Morgan fingerprint density at radius 2 is 1.64 bits per heavy atom. The molecule has 4 aromatic rings. The number of anilines is 4. The number of fused-ring (bicyclic) bond motifs is 1. The summed E-state index contributed by atoms with van der Waals surface area (Å²) in [5.41, 5.74) is 4.05. The Kier molecular flexibility index (Phi) is 6.03. The molecule has 8 nitrogen and oxygen atoms in total. The third kappa shape index (κ3) is 4.88. The molecular formula is C24H22FN7O. The van der Waals surface area contributed by atoms with Crippen LogP contribution >= 0.6 is 0 Å². The molecule has 33 heavy (non-hydrogen) atoms. The summed E-state index contributed by atoms with van der Waals surface area (Å²) in [5.74, 6) is 0.791. The van der Waals surface area contributed by atoms with Gasteiger partial charge in [-0.2, -0.15) is 20.1 Å². The van der Waals surface area contributed by atoms with Gasteiger partial charge in [-0.15, -0.1) is 0 Å². The molecular weight excluding hydrogens is 421 g/mol. The van der Waals surface area contributed by atoms with E-state index in [-0.39, 0.29) is 11.8 Å². The molecule has 0 saturated carbocycles. The molecule has 1 aliphatic heterocycles. The number of morpholine rings is 1. The maximum absolute atomic E-state index is 13.9. The first kappa shape index (κ1) is 20.8. The highest BCUT2D eigenvalue weighted by Gasteiger charge is 2.17. The van der Waals surface area contributed by atoms with Crippen LogP contribution in [0, 0.1) is 5.82 Å². The molecule has 0 bridgehead atoms. The van der Waals surface area contributed by atoms with E-state index in [9.17, 15) is 4.39 Å². The minimum Gasteiger partial charge on any atom is -0.378 e. The van der Waals surface area contributed by atoms with Crippen LogP contribution in [-0.2, 0) is 4.74 Å². The number of hydrogen-bond donors (Lipinski definition) is 2. The van der Waals surface area contributed by atoms with Crippen molar-refractivity contribution < 1.29 is 9.13 Å². The number of benzene rings is 3. The molecule has 0 unspecified atom stereocenters. The lowest BCUT2D eigenvalue weighted by atomic mass is 10.1. The Morgan fingerprint density at radius 3 is 2.52 bits per heavy atom. The van der Waals surface area contributed by atoms with E-state index in [1.165, 1.54) is 12.3 Å². The van der Waals surface area contributed by atoms with Gasteiger partial charge >= 0.3 is 0 Å². The van der Waals surface area contributed by atoms with Crippen LogP contribution in [0.2, 0.25) is 0 Å². The van der Waals surface area contributed by atoms with E-state index >= 15 is 0 Å². The van der Waals surface area contributed by atoms with Gasteiger partial charge in [0.15, 0.2) is 0 Å². The van der Waals surface area contributed by atoms with Crippen molar-refractivity contribution in [3.05, 3.63) is 78.1 Å². The third-order valence-electron chi connectivity index (χ3n) is 5.23. The molecule has 2 heterocycles. The van der Waals surface area contributed by atoms with Crippen molar-refractivity contribution in [3.63, 3.8) is 0 Å². The first-order chi connectivity index (χ1) is 16.3. The first-order valence-electron chi connectivity index (χ1n) is 10.6. The maximum Gasteiger partial charge on any atom is 0.250 e. The van der Waals surface area contributed by atoms with Crippen LogP contribution in [0.5, 0.6) is 0 Å². The van der Waals surface area contributed by atoms with Gasteiger partial charge < -0.3 is 15.0 Å². The Hall–Kier alpha value is -4.11. The fourth-order valence-corrected chi connectivity index (χ4v) is 3.57. The lowest BCUT2D eigenvalue weighted by molar-refractivity contribution is 0.122. The smallest absolute Gasteiger partial charge is 0.250 e. The number of nitrogens with zero attached hydrogens (tertiary/aromatic N) is 5. The second-order valence-corrected chi connectivity index (χ2v) is 7.43. The average Bonchev–Trinajstić information content (AvgIpc) is 2.86. The number of hydrogen-bond acceptors (Lipinski definition) is 8. The topological polar surface area (TPSA) is 87.6 Å². The second kappa shape index (κ2) is 9.58. The Balaban J connectivity index is 1.45. The minimum absolute atomic E-state index is 0.252. The lowest BCUT2D eigenvalue weighted by Crippen LogP contribution is -2.37. The molecule has 1 aromatic heterocycles. The summed E-state index contributed by atoms with van der Waals surface area (Å²) in [5, 5.41) is 9.60. The zero-order valence-corrected chi connectivity index (χ0v) is 17.8. The summed E-state index contributed by atoms with van der Waals surface area (Å²) >= 11 is 0. The van der Waals surface area contributed by atoms with Gasteiger partial charge in [0.1, 0.15) is 5.82 Å². The van der Waals surface area contributed by atoms with E-state index in [1.54, 1.807) is 18.2 Å². The maximum atomic E-state index is 13.9. The van der Waals surface area contributed by atoms with Crippen LogP contribution in [0.25, 0.3) is 10.8 Å². The van der Waals surface area contributed by atoms with E-state index in [0.717, 1.165) is 16.5 Å². The minimum atomic E-state index is -0.356. The Bertz CT molecular complexity index is 1290. The number of hydrazone groups is 1. The van der Waals surface area contributed by atoms with Crippen molar-refractivity contribution in [3.8, 4) is 0 Å². The fourth-order valence-electron chi connectivity index (χ4n) is 3.57. The monoisotopic (exact) mass is 443 g/mol. The highest BCUT2D eigenvalue weighted by atomic mass is 19.1. The van der Waals surface area contributed by atoms with Gasteiger partial charge in [-0.25, -0.2) is 9.82 Å². The number of ether oxygens (including phenoxy) is 1. The zero-order chi connectivity index (χ0) is 22.5. The second-order valence-electron chi connectivity index (χ2n) is 7.43. The number of rotatable bonds is 6. The molecule has 2 N–H and O–H groups in total. The van der Waals surface area contributed by atoms with Crippen LogP contribution in [0.4, 0.5) is 27.9 Å². The van der Waals surface area contributed by atoms with E-state index in [0.29, 0.717) is 43.8 Å². The van der Waals surface area contributed by atoms with Gasteiger partial charge in [-0.3, -0.25) is 0 Å². The normalized spacial score (nSPS) is 14.0. The van der Waals surface area contributed by atoms with Gasteiger partial charge in [-0.1, -0.05) is 54.6 Å². The predicted molar refractivity (Wildman–Crippen MR) is 128 cm³/mol. The van der Waals surface area contributed by atoms with Gasteiger partial charge in [0, 0.05) is 29.7 Å². The predicted octanol–water partition coefficient (Wildman–Crippen LogP) is 4.19. The average molecular weight is 443 g/mol. The van der Waals surface area contributed by atoms with Crippen LogP contribution in [0.15, 0.2) is 71.8 Å². The third-order valence-corrected chi connectivity index (χ3v) is 5.23. The molecule has 1 saturated heterocycles. The van der Waals surface area contributed by atoms with Crippen molar-refractivity contribution in [2.45, 2.75) is 0 Å². The number of halogens is 1. The van der Waals surface area contributed by atoms with E-state index in [1.807, 2.05) is 35.2 Å². The summed E-state index contributed by atoms with van der Waals surface area (Å²) in [6, 6.07) is 20.5. The van der Waals surface area contributed by atoms with Crippen molar-refractivity contribution in [2.75, 3.05) is 41.9 Å². The van der Waals surface area contributed by atoms with E-state index in [2.05, 4.69) is 42.9 Å². The van der Waals surface area contributed by atoms with Crippen molar-refractivity contribution in [2.24, 2.45) is 5.10 Å². The standard InChI is InChI=1S/C24H22FN7O/c25-20-10-4-2-7-18(20)16-26-31-23-28-22(29-24(30-23)32-12-14-33-15-13-32)27-21-11-5-8-17-6-1-3-9-19(17)21/h1-11,16H,12-15H2,(H2,27,28,29,30,31)/b26-16+. The molecule has 1 fully saturated rings. The van der Waals surface area contributed by atoms with Crippen molar-refractivity contribution >= 4 is 40.5 Å². The molecule has 5 rings (SSSR count). The van der Waals surface area contributed by atoms with Crippen LogP contribution in [0.3, 0.4) is 0 Å². The van der Waals surface area contributed by atoms with Gasteiger partial charge in [0.05, 0.1) is 19.4 Å². The first-order valence-corrected chi connectivity index (χ1v) is 10.6. The summed E-state index contributed by atoms with van der Waals surface area (Å²) in [6.45, 7) is 2.56. The molecule has 0 amide bonds. The SMILES string of the molecule is Fc1ccccc1/C=N/Nc1nc(Nc2cccc3ccccc23)nc(N2CCOCC2)n1. The molecule has 0 atom stereocenters. The van der Waals surface area contributed by atoms with Crippen LogP contribution in [-0.4, -0.2) is 47.5 Å². The molecule has 166 valence electrons. The fraction of sp³-hybridized carbons (Fsp3) is 0.167. The van der Waals surface area contributed by atoms with Crippen molar-refractivity contribution in [1.82, 2.24) is 15.0 Å².